The number of nitrogens with one attached hydrogen (secondary N) is 2. The van der Waals surface area contributed by atoms with Gasteiger partial charge in [0.05, 0.1) is 30.5 Å². The highest BCUT2D eigenvalue weighted by Gasteiger charge is 2.15. The van der Waals surface area contributed by atoms with Gasteiger partial charge in [0.15, 0.2) is 11.5 Å². The minimum atomic E-state index is -0.620. The lowest BCUT2D eigenvalue weighted by Gasteiger charge is -2.10. The van der Waals surface area contributed by atoms with Crippen molar-refractivity contribution >= 4 is 35.6 Å². The van der Waals surface area contributed by atoms with E-state index in [1.165, 1.54) is 13.3 Å². The first-order chi connectivity index (χ1) is 16.4. The third-order valence-electron chi connectivity index (χ3n) is 4.69. The monoisotopic (exact) mass is 479 g/mol. The molecule has 0 saturated carbocycles. The molecule has 3 rings (SSSR count). The maximum absolute atomic E-state index is 12.4. The fraction of sp³-hybridized carbons (Fsp3) is 0.120. The number of hydrazone groups is 1. The third-order valence-corrected chi connectivity index (χ3v) is 5.02. The van der Waals surface area contributed by atoms with Crippen LogP contribution in [-0.2, 0) is 4.79 Å². The summed E-state index contributed by atoms with van der Waals surface area (Å²) in [6.07, 6.45) is 1.39. The van der Waals surface area contributed by atoms with Crippen molar-refractivity contribution in [3.8, 4) is 11.5 Å². The Morgan fingerprint density at radius 1 is 0.971 bits per heavy atom. The van der Waals surface area contributed by atoms with Crippen molar-refractivity contribution < 1.29 is 23.9 Å². The van der Waals surface area contributed by atoms with Gasteiger partial charge in [0.25, 0.3) is 11.8 Å². The number of carbonyl (C=O) groups excluding carboxylic acids is 3. The van der Waals surface area contributed by atoms with Crippen molar-refractivity contribution in [3.05, 3.63) is 94.0 Å². The highest BCUT2D eigenvalue weighted by atomic mass is 35.5. The number of hydrogen-bond acceptors (Lipinski definition) is 6. The highest BCUT2D eigenvalue weighted by Crippen LogP contribution is 2.29. The van der Waals surface area contributed by atoms with E-state index in [-0.39, 0.29) is 28.8 Å². The van der Waals surface area contributed by atoms with E-state index in [1.807, 2.05) is 19.1 Å². The van der Waals surface area contributed by atoms with Crippen molar-refractivity contribution in [2.24, 2.45) is 5.10 Å². The lowest BCUT2D eigenvalue weighted by molar-refractivity contribution is -0.120. The van der Waals surface area contributed by atoms with Crippen LogP contribution in [0.3, 0.4) is 0 Å². The van der Waals surface area contributed by atoms with Crippen LogP contribution in [0.25, 0.3) is 0 Å². The number of amides is 2. The van der Waals surface area contributed by atoms with Crippen LogP contribution >= 0.6 is 11.6 Å². The van der Waals surface area contributed by atoms with Crippen LogP contribution in [0.4, 0.5) is 0 Å². The predicted molar refractivity (Wildman–Crippen MR) is 129 cm³/mol. The Bertz CT molecular complexity index is 1240. The second-order valence-corrected chi connectivity index (χ2v) is 7.48. The second kappa shape index (κ2) is 11.6. The summed E-state index contributed by atoms with van der Waals surface area (Å²) in [6, 6.07) is 18.4. The molecule has 0 unspecified atom stereocenters. The standard InChI is InChI=1S/C25H22ClN3O5/c1-16-7-3-4-8-18(16)24(31)27-15-23(30)29-28-14-17-11-12-21(22(13-17)33-2)34-25(32)19-9-5-6-10-20(19)26/h3-14H,15H2,1-2H3,(H,27,31)(H,29,30)/b28-14-. The van der Waals surface area contributed by atoms with E-state index >= 15 is 0 Å². The Balaban J connectivity index is 1.56. The van der Waals surface area contributed by atoms with Crippen LogP contribution in [0.1, 0.15) is 31.8 Å². The molecule has 0 spiro atoms. The number of methoxy groups -OCH3 is 1. The maximum atomic E-state index is 12.4. The molecule has 0 fully saturated rings. The molecule has 2 N–H and O–H groups in total. The molecule has 0 saturated heterocycles. The summed E-state index contributed by atoms with van der Waals surface area (Å²) in [7, 11) is 1.43. The molecule has 0 radical (unpaired) electrons. The van der Waals surface area contributed by atoms with Crippen LogP contribution < -0.4 is 20.2 Å². The summed E-state index contributed by atoms with van der Waals surface area (Å²) < 4.78 is 10.7. The van der Waals surface area contributed by atoms with Crippen LogP contribution in [-0.4, -0.2) is 37.7 Å². The van der Waals surface area contributed by atoms with E-state index in [0.717, 1.165) is 5.56 Å². The Hall–Kier alpha value is -4.17. The first kappa shape index (κ1) is 24.5. The number of ether oxygens (including phenoxy) is 2. The molecule has 174 valence electrons. The zero-order valence-corrected chi connectivity index (χ0v) is 19.3. The maximum Gasteiger partial charge on any atom is 0.345 e. The molecule has 0 aliphatic heterocycles. The first-order valence-corrected chi connectivity index (χ1v) is 10.6. The van der Waals surface area contributed by atoms with E-state index in [0.29, 0.717) is 16.9 Å². The third kappa shape index (κ3) is 6.43. The van der Waals surface area contributed by atoms with Crippen molar-refractivity contribution in [1.82, 2.24) is 10.7 Å². The fourth-order valence-electron chi connectivity index (χ4n) is 2.93. The van der Waals surface area contributed by atoms with Gasteiger partial charge in [-0.2, -0.15) is 5.10 Å². The van der Waals surface area contributed by atoms with Gasteiger partial charge in [0, 0.05) is 5.56 Å². The van der Waals surface area contributed by atoms with E-state index in [1.54, 1.807) is 54.6 Å². The van der Waals surface area contributed by atoms with E-state index in [2.05, 4.69) is 15.8 Å². The van der Waals surface area contributed by atoms with E-state index in [9.17, 15) is 14.4 Å². The number of rotatable bonds is 8. The number of benzene rings is 3. The number of halogens is 1. The number of esters is 1. The highest BCUT2D eigenvalue weighted by molar-refractivity contribution is 6.33. The summed E-state index contributed by atoms with van der Waals surface area (Å²) in [5.74, 6) is -0.960. The van der Waals surface area contributed by atoms with Crippen LogP contribution in [0.2, 0.25) is 5.02 Å². The molecule has 34 heavy (non-hydrogen) atoms. The van der Waals surface area contributed by atoms with Gasteiger partial charge in [-0.15, -0.1) is 0 Å². The first-order valence-electron chi connectivity index (χ1n) is 10.2. The van der Waals surface area contributed by atoms with Crippen LogP contribution in [0.5, 0.6) is 11.5 Å². The largest absolute Gasteiger partial charge is 0.493 e. The molecule has 0 heterocycles. The SMILES string of the molecule is COc1cc(/C=N\NC(=O)CNC(=O)c2ccccc2C)ccc1OC(=O)c1ccccc1Cl. The molecule has 0 aliphatic rings. The summed E-state index contributed by atoms with van der Waals surface area (Å²) in [4.78, 5) is 36.5. The molecule has 9 heteroatoms. The molecule has 0 aromatic heterocycles. The lowest BCUT2D eigenvalue weighted by Crippen LogP contribution is -2.35. The lowest BCUT2D eigenvalue weighted by atomic mass is 10.1. The number of aryl methyl sites for hydroxylation is 1. The molecule has 3 aromatic carbocycles. The molecule has 2 amide bonds. The van der Waals surface area contributed by atoms with Crippen molar-refractivity contribution in [2.45, 2.75) is 6.92 Å². The second-order valence-electron chi connectivity index (χ2n) is 7.07. The minimum absolute atomic E-state index is 0.201. The van der Waals surface area contributed by atoms with Gasteiger partial charge in [-0.3, -0.25) is 9.59 Å². The number of nitrogens with zero attached hydrogens (tertiary/aromatic N) is 1. The quantitative estimate of drug-likeness (QED) is 0.221. The Morgan fingerprint density at radius 3 is 2.38 bits per heavy atom. The van der Waals surface area contributed by atoms with Crippen molar-refractivity contribution in [1.29, 1.82) is 0 Å². The molecular formula is C25H22ClN3O5. The molecular weight excluding hydrogens is 458 g/mol. The normalized spacial score (nSPS) is 10.6. The van der Waals surface area contributed by atoms with Crippen LogP contribution in [0.15, 0.2) is 71.8 Å². The topological polar surface area (TPSA) is 106 Å². The van der Waals surface area contributed by atoms with E-state index in [4.69, 9.17) is 21.1 Å². The van der Waals surface area contributed by atoms with Crippen LogP contribution in [0, 0.1) is 6.92 Å². The molecule has 0 bridgehead atoms. The molecule has 3 aromatic rings. The van der Waals surface area contributed by atoms with Gasteiger partial charge >= 0.3 is 5.97 Å². The smallest absolute Gasteiger partial charge is 0.345 e. The molecule has 8 nitrogen and oxygen atoms in total. The minimum Gasteiger partial charge on any atom is -0.493 e. The summed E-state index contributed by atoms with van der Waals surface area (Å²) in [5, 5.41) is 6.70. The predicted octanol–water partition coefficient (Wildman–Crippen LogP) is 3.76. The molecule has 0 atom stereocenters. The average molecular weight is 480 g/mol. The Morgan fingerprint density at radius 2 is 1.68 bits per heavy atom. The van der Waals surface area contributed by atoms with Gasteiger partial charge in [0.2, 0.25) is 0 Å². The van der Waals surface area contributed by atoms with Gasteiger partial charge in [-0.1, -0.05) is 41.9 Å². The van der Waals surface area contributed by atoms with Gasteiger partial charge < -0.3 is 14.8 Å². The average Bonchev–Trinajstić information content (AvgIpc) is 2.83. The molecule has 0 aliphatic carbocycles. The van der Waals surface area contributed by atoms with Crippen molar-refractivity contribution in [2.75, 3.05) is 13.7 Å². The zero-order valence-electron chi connectivity index (χ0n) is 18.5. The van der Waals surface area contributed by atoms with E-state index < -0.39 is 11.9 Å². The number of carbonyl (C=O) groups is 3. The fourth-order valence-corrected chi connectivity index (χ4v) is 3.15. The number of hydrogen-bond donors (Lipinski definition) is 2. The zero-order chi connectivity index (χ0) is 24.5. The Kier molecular flexibility index (Phi) is 8.37. The summed E-state index contributed by atoms with van der Waals surface area (Å²) in [6.45, 7) is 1.58. The Labute approximate surface area is 201 Å². The van der Waals surface area contributed by atoms with Gasteiger partial charge in [0.1, 0.15) is 0 Å². The van der Waals surface area contributed by atoms with Crippen molar-refractivity contribution in [3.63, 3.8) is 0 Å². The summed E-state index contributed by atoms with van der Waals surface area (Å²) >= 11 is 6.04. The van der Waals surface area contributed by atoms with Gasteiger partial charge in [-0.05, 0) is 54.4 Å². The van der Waals surface area contributed by atoms with Gasteiger partial charge in [-0.25, -0.2) is 10.2 Å². The summed E-state index contributed by atoms with van der Waals surface area (Å²) in [5.41, 5.74) is 4.47.